The lowest BCUT2D eigenvalue weighted by Gasteiger charge is -2.42. The fraction of sp³-hybridized carbons (Fsp3) is 0.800. The molecule has 1 heterocycles. The molecule has 1 rings (SSSR count). The zero-order chi connectivity index (χ0) is 21.0. The Kier molecular flexibility index (Phi) is 5.22. The normalized spacial score (nSPS) is 24.4. The largest absolute Gasteiger partial charge is 0.486 e. The summed E-state index contributed by atoms with van der Waals surface area (Å²) < 4.78 is 187. The number of hydrogen-bond acceptors (Lipinski definition) is 2. The van der Waals surface area contributed by atoms with Crippen molar-refractivity contribution in [3.05, 3.63) is 11.3 Å². The van der Waals surface area contributed by atoms with E-state index in [2.05, 4.69) is 9.47 Å². The summed E-state index contributed by atoms with van der Waals surface area (Å²) in [6, 6.07) is 0. The second-order valence-electron chi connectivity index (χ2n) is 4.65. The van der Waals surface area contributed by atoms with Gasteiger partial charge >= 0.3 is 30.6 Å². The van der Waals surface area contributed by atoms with E-state index in [0.717, 1.165) is 0 Å². The van der Waals surface area contributed by atoms with Gasteiger partial charge in [-0.25, -0.2) is 0 Å². The molecule has 16 heteroatoms. The molecule has 1 atom stereocenters. The summed E-state index contributed by atoms with van der Waals surface area (Å²) >= 11 is 0. The van der Waals surface area contributed by atoms with Gasteiger partial charge in [0.1, 0.15) is 12.2 Å². The van der Waals surface area contributed by atoms with Gasteiger partial charge < -0.3 is 9.47 Å². The first kappa shape index (κ1) is 22.6. The first-order valence-electron chi connectivity index (χ1n) is 5.88. The monoisotopic (exact) mass is 422 g/mol. The van der Waals surface area contributed by atoms with Crippen molar-refractivity contribution in [2.75, 3.05) is 13.2 Å². The van der Waals surface area contributed by atoms with E-state index in [9.17, 15) is 61.5 Å². The Morgan fingerprint density at radius 3 is 1.42 bits per heavy atom. The Morgan fingerprint density at radius 1 is 0.654 bits per heavy atom. The molecule has 0 aliphatic carbocycles. The maximum absolute atomic E-state index is 13.6. The van der Waals surface area contributed by atoms with Crippen molar-refractivity contribution in [2.45, 2.75) is 36.2 Å². The standard InChI is InChI=1S/C10H4F14O2/c11-6(12,13)3-4(7(14,15)16)25-1-2-26-5(3,9(19,20)21)8(17,18)10(22,23)24/h1-2H2. The number of hydrogen-bond donors (Lipinski definition) is 0. The minimum Gasteiger partial charge on any atom is -0.486 e. The quantitative estimate of drug-likeness (QED) is 0.560. The number of halogens is 14. The Bertz CT molecular complexity index is 562. The number of rotatable bonds is 1. The van der Waals surface area contributed by atoms with Crippen LogP contribution < -0.4 is 0 Å². The summed E-state index contributed by atoms with van der Waals surface area (Å²) in [7, 11) is 0. The van der Waals surface area contributed by atoms with E-state index >= 15 is 0 Å². The van der Waals surface area contributed by atoms with Crippen LogP contribution in [0.2, 0.25) is 0 Å². The molecular weight excluding hydrogens is 418 g/mol. The third kappa shape index (κ3) is 3.38. The van der Waals surface area contributed by atoms with E-state index in [-0.39, 0.29) is 0 Å². The predicted octanol–water partition coefficient (Wildman–Crippen LogP) is 4.91. The molecule has 1 aliphatic heterocycles. The van der Waals surface area contributed by atoms with Gasteiger partial charge in [0.2, 0.25) is 5.76 Å². The fourth-order valence-corrected chi connectivity index (χ4v) is 2.04. The maximum Gasteiger partial charge on any atom is 0.457 e. The highest BCUT2D eigenvalue weighted by Crippen LogP contribution is 2.60. The molecule has 1 aliphatic rings. The van der Waals surface area contributed by atoms with Gasteiger partial charge in [0, 0.05) is 0 Å². The van der Waals surface area contributed by atoms with Gasteiger partial charge in [0.25, 0.3) is 5.60 Å². The van der Waals surface area contributed by atoms with Crippen molar-refractivity contribution in [3.8, 4) is 0 Å². The zero-order valence-electron chi connectivity index (χ0n) is 11.5. The van der Waals surface area contributed by atoms with Gasteiger partial charge in [0.15, 0.2) is 0 Å². The van der Waals surface area contributed by atoms with Crippen LogP contribution in [0, 0.1) is 0 Å². The third-order valence-electron chi connectivity index (χ3n) is 2.97. The number of allylic oxidation sites excluding steroid dienone is 1. The molecule has 2 nitrogen and oxygen atoms in total. The average Bonchev–Trinajstić information content (AvgIpc) is 2.55. The third-order valence-corrected chi connectivity index (χ3v) is 2.97. The molecule has 0 bridgehead atoms. The van der Waals surface area contributed by atoms with Gasteiger partial charge in [-0.2, -0.15) is 61.5 Å². The Hall–Kier alpha value is -1.48. The molecule has 0 fully saturated rings. The Labute approximate surface area is 133 Å². The van der Waals surface area contributed by atoms with E-state index in [1.807, 2.05) is 0 Å². The SMILES string of the molecule is FC(F)(F)C1=C(C(F)(F)F)C(C(F)(F)F)(C(F)(F)C(F)(F)F)OCCO1. The van der Waals surface area contributed by atoms with Crippen molar-refractivity contribution in [3.63, 3.8) is 0 Å². The zero-order valence-corrected chi connectivity index (χ0v) is 11.5. The van der Waals surface area contributed by atoms with Gasteiger partial charge in [-0.1, -0.05) is 0 Å². The van der Waals surface area contributed by atoms with E-state index in [0.29, 0.717) is 0 Å². The smallest absolute Gasteiger partial charge is 0.457 e. The highest BCUT2D eigenvalue weighted by atomic mass is 19.4. The summed E-state index contributed by atoms with van der Waals surface area (Å²) in [5.74, 6) is -11.2. The molecule has 0 spiro atoms. The van der Waals surface area contributed by atoms with Crippen LogP contribution >= 0.6 is 0 Å². The molecule has 26 heavy (non-hydrogen) atoms. The lowest BCUT2D eigenvalue weighted by molar-refractivity contribution is -0.405. The Balaban J connectivity index is 4.15. The van der Waals surface area contributed by atoms with Crippen LogP contribution in [0.5, 0.6) is 0 Å². The molecule has 0 amide bonds. The second-order valence-corrected chi connectivity index (χ2v) is 4.65. The minimum atomic E-state index is -7.45. The van der Waals surface area contributed by atoms with Gasteiger partial charge in [-0.15, -0.1) is 0 Å². The van der Waals surface area contributed by atoms with Crippen molar-refractivity contribution in [1.82, 2.24) is 0 Å². The van der Waals surface area contributed by atoms with Crippen LogP contribution in [-0.4, -0.2) is 49.4 Å². The van der Waals surface area contributed by atoms with Crippen molar-refractivity contribution < 1.29 is 70.9 Å². The second kappa shape index (κ2) is 6.02. The summed E-state index contributed by atoms with van der Waals surface area (Å²) in [6.07, 6.45) is -28.1. The molecule has 0 N–H and O–H groups in total. The average molecular weight is 422 g/mol. The topological polar surface area (TPSA) is 18.5 Å². The molecule has 0 saturated heterocycles. The molecule has 1 unspecified atom stereocenters. The van der Waals surface area contributed by atoms with Crippen LogP contribution in [0.3, 0.4) is 0 Å². The molecular formula is C10H4F14O2. The highest BCUT2D eigenvalue weighted by molar-refractivity contribution is 5.36. The van der Waals surface area contributed by atoms with E-state index in [1.54, 1.807) is 0 Å². The van der Waals surface area contributed by atoms with Crippen LogP contribution in [0.4, 0.5) is 61.5 Å². The van der Waals surface area contributed by atoms with E-state index in [4.69, 9.17) is 0 Å². The van der Waals surface area contributed by atoms with Gasteiger partial charge in [-0.05, 0) is 0 Å². The predicted molar refractivity (Wildman–Crippen MR) is 50.8 cm³/mol. The highest BCUT2D eigenvalue weighted by Gasteiger charge is 2.86. The van der Waals surface area contributed by atoms with E-state index < -0.39 is 60.8 Å². The van der Waals surface area contributed by atoms with Crippen LogP contribution in [0.15, 0.2) is 11.3 Å². The molecule has 0 radical (unpaired) electrons. The molecule has 0 saturated carbocycles. The minimum absolute atomic E-state index is 1.81. The first-order valence-corrected chi connectivity index (χ1v) is 5.88. The van der Waals surface area contributed by atoms with Crippen LogP contribution in [0.25, 0.3) is 0 Å². The van der Waals surface area contributed by atoms with Crippen LogP contribution in [0.1, 0.15) is 0 Å². The summed E-state index contributed by atoms with van der Waals surface area (Å²) in [4.78, 5) is 0. The molecule has 0 aromatic carbocycles. The van der Waals surface area contributed by atoms with Gasteiger partial charge in [0.05, 0.1) is 6.61 Å². The fourth-order valence-electron chi connectivity index (χ4n) is 2.04. The lowest BCUT2D eigenvalue weighted by Crippen LogP contribution is -2.69. The molecule has 0 aromatic heterocycles. The van der Waals surface area contributed by atoms with Gasteiger partial charge in [-0.3, -0.25) is 0 Å². The Morgan fingerprint density at radius 2 is 1.12 bits per heavy atom. The van der Waals surface area contributed by atoms with Crippen molar-refractivity contribution in [2.24, 2.45) is 0 Å². The lowest BCUT2D eigenvalue weighted by atomic mass is 9.83. The maximum atomic E-state index is 13.6. The summed E-state index contributed by atoms with van der Waals surface area (Å²) in [5.41, 5.74) is -11.1. The summed E-state index contributed by atoms with van der Waals surface area (Å²) in [5, 5.41) is 0. The first-order chi connectivity index (χ1) is 11.2. The van der Waals surface area contributed by atoms with Crippen LogP contribution in [-0.2, 0) is 9.47 Å². The van der Waals surface area contributed by atoms with Crippen molar-refractivity contribution >= 4 is 0 Å². The number of ether oxygens (including phenoxy) is 2. The summed E-state index contributed by atoms with van der Waals surface area (Å²) in [6.45, 7) is -3.88. The van der Waals surface area contributed by atoms with Crippen molar-refractivity contribution in [1.29, 1.82) is 0 Å². The van der Waals surface area contributed by atoms with E-state index in [1.165, 1.54) is 0 Å². The molecule has 154 valence electrons. The number of alkyl halides is 14. The molecule has 0 aromatic rings.